The van der Waals surface area contributed by atoms with Crippen LogP contribution >= 0.6 is 11.6 Å². The van der Waals surface area contributed by atoms with Crippen LogP contribution in [0.3, 0.4) is 0 Å². The number of hydrogen-bond donors (Lipinski definition) is 2. The first-order valence-corrected chi connectivity index (χ1v) is 6.30. The van der Waals surface area contributed by atoms with E-state index in [1.165, 1.54) is 0 Å². The van der Waals surface area contributed by atoms with E-state index in [-0.39, 0.29) is 0 Å². The lowest BCUT2D eigenvalue weighted by Gasteiger charge is -2.08. The molecule has 1 amide bonds. The maximum absolute atomic E-state index is 11.1. The summed E-state index contributed by atoms with van der Waals surface area (Å²) in [5.41, 5.74) is 7.84. The monoisotopic (exact) mass is 285 g/mol. The van der Waals surface area contributed by atoms with Crippen molar-refractivity contribution in [3.8, 4) is 6.07 Å². The summed E-state index contributed by atoms with van der Waals surface area (Å²) in [6.45, 7) is 0.521. The van der Waals surface area contributed by atoms with Gasteiger partial charge in [0.25, 0.3) is 0 Å². The molecule has 2 rings (SSSR count). The Kier molecular flexibility index (Phi) is 4.24. The molecular weight excluding hydrogens is 274 g/mol. The molecule has 0 heterocycles. The van der Waals surface area contributed by atoms with Crippen LogP contribution in [0.1, 0.15) is 21.5 Å². The van der Waals surface area contributed by atoms with Crippen LogP contribution in [0, 0.1) is 11.3 Å². The summed E-state index contributed by atoms with van der Waals surface area (Å²) in [7, 11) is 0. The molecule has 0 spiro atoms. The standard InChI is InChI=1S/C15H12ClN3O/c16-14-5-4-13(7-12(14)8-17)19-9-10-2-1-3-11(6-10)15(18)20/h1-7,19H,9H2,(H2,18,20). The number of nitrogens with two attached hydrogens (primary N) is 1. The average Bonchev–Trinajstić information content (AvgIpc) is 2.46. The topological polar surface area (TPSA) is 78.9 Å². The molecule has 4 nitrogen and oxygen atoms in total. The molecule has 0 saturated heterocycles. The fourth-order valence-corrected chi connectivity index (χ4v) is 1.92. The van der Waals surface area contributed by atoms with Crippen LogP contribution in [0.15, 0.2) is 42.5 Å². The predicted molar refractivity (Wildman–Crippen MR) is 78.5 cm³/mol. The lowest BCUT2D eigenvalue weighted by molar-refractivity contribution is 0.1000. The molecule has 0 bridgehead atoms. The van der Waals surface area contributed by atoms with E-state index in [1.54, 1.807) is 36.4 Å². The van der Waals surface area contributed by atoms with Gasteiger partial charge in [0.2, 0.25) is 5.91 Å². The molecule has 0 aromatic heterocycles. The van der Waals surface area contributed by atoms with E-state index in [0.29, 0.717) is 22.7 Å². The summed E-state index contributed by atoms with van der Waals surface area (Å²) >= 11 is 5.87. The van der Waals surface area contributed by atoms with Crippen molar-refractivity contribution in [1.82, 2.24) is 0 Å². The third kappa shape index (κ3) is 3.28. The van der Waals surface area contributed by atoms with Gasteiger partial charge in [0.05, 0.1) is 10.6 Å². The Morgan fingerprint density at radius 3 is 2.80 bits per heavy atom. The van der Waals surface area contributed by atoms with Crippen LogP contribution in [0.4, 0.5) is 5.69 Å². The number of nitrogens with zero attached hydrogens (tertiary/aromatic N) is 1. The van der Waals surface area contributed by atoms with Gasteiger partial charge >= 0.3 is 0 Å². The summed E-state index contributed by atoms with van der Waals surface area (Å²) in [6, 6.07) is 14.2. The predicted octanol–water partition coefficient (Wildman–Crippen LogP) is 2.92. The minimum Gasteiger partial charge on any atom is -0.381 e. The maximum Gasteiger partial charge on any atom is 0.248 e. The molecule has 0 saturated carbocycles. The van der Waals surface area contributed by atoms with Crippen LogP contribution in [-0.4, -0.2) is 5.91 Å². The Morgan fingerprint density at radius 1 is 1.30 bits per heavy atom. The van der Waals surface area contributed by atoms with Crippen molar-refractivity contribution in [3.05, 3.63) is 64.2 Å². The van der Waals surface area contributed by atoms with Crippen LogP contribution in [0.2, 0.25) is 5.02 Å². The first-order chi connectivity index (χ1) is 9.60. The lowest BCUT2D eigenvalue weighted by atomic mass is 10.1. The van der Waals surface area contributed by atoms with Gasteiger partial charge in [-0.05, 0) is 35.9 Å². The zero-order valence-electron chi connectivity index (χ0n) is 10.6. The van der Waals surface area contributed by atoms with Gasteiger partial charge in [-0.25, -0.2) is 0 Å². The number of halogens is 1. The Bertz CT molecular complexity index is 692. The Balaban J connectivity index is 2.11. The molecule has 2 aromatic rings. The van der Waals surface area contributed by atoms with Crippen molar-refractivity contribution >= 4 is 23.2 Å². The summed E-state index contributed by atoms with van der Waals surface area (Å²) in [4.78, 5) is 11.1. The molecule has 100 valence electrons. The Hall–Kier alpha value is -2.51. The third-order valence-electron chi connectivity index (χ3n) is 2.79. The number of carbonyl (C=O) groups is 1. The van der Waals surface area contributed by atoms with E-state index in [1.807, 2.05) is 12.1 Å². The molecular formula is C15H12ClN3O. The number of benzene rings is 2. The molecule has 0 aliphatic rings. The number of nitrogens with one attached hydrogen (secondary N) is 1. The van der Waals surface area contributed by atoms with E-state index in [4.69, 9.17) is 22.6 Å². The van der Waals surface area contributed by atoms with E-state index in [2.05, 4.69) is 5.32 Å². The molecule has 0 atom stereocenters. The van der Waals surface area contributed by atoms with E-state index < -0.39 is 5.91 Å². The highest BCUT2D eigenvalue weighted by atomic mass is 35.5. The molecule has 5 heteroatoms. The zero-order chi connectivity index (χ0) is 14.5. The van der Waals surface area contributed by atoms with Gasteiger partial charge < -0.3 is 11.1 Å². The number of rotatable bonds is 4. The lowest BCUT2D eigenvalue weighted by Crippen LogP contribution is -2.11. The first kappa shape index (κ1) is 13.9. The largest absolute Gasteiger partial charge is 0.381 e. The molecule has 0 radical (unpaired) electrons. The second-order valence-corrected chi connectivity index (χ2v) is 4.63. The first-order valence-electron chi connectivity index (χ1n) is 5.92. The molecule has 3 N–H and O–H groups in total. The number of nitriles is 1. The molecule has 2 aromatic carbocycles. The third-order valence-corrected chi connectivity index (χ3v) is 3.12. The van der Waals surface area contributed by atoms with Crippen LogP contribution in [-0.2, 0) is 6.54 Å². The average molecular weight is 286 g/mol. The molecule has 0 unspecified atom stereocenters. The fourth-order valence-electron chi connectivity index (χ4n) is 1.76. The number of primary amides is 1. The number of carbonyl (C=O) groups excluding carboxylic acids is 1. The normalized spacial score (nSPS) is 9.80. The minimum atomic E-state index is -0.454. The smallest absolute Gasteiger partial charge is 0.248 e. The highest BCUT2D eigenvalue weighted by Crippen LogP contribution is 2.20. The quantitative estimate of drug-likeness (QED) is 0.906. The van der Waals surface area contributed by atoms with Crippen molar-refractivity contribution < 1.29 is 4.79 Å². The van der Waals surface area contributed by atoms with Crippen LogP contribution < -0.4 is 11.1 Å². The fraction of sp³-hybridized carbons (Fsp3) is 0.0667. The minimum absolute atomic E-state index is 0.419. The number of anilines is 1. The van der Waals surface area contributed by atoms with Crippen molar-refractivity contribution in [1.29, 1.82) is 5.26 Å². The SMILES string of the molecule is N#Cc1cc(NCc2cccc(C(N)=O)c2)ccc1Cl. The molecule has 0 fully saturated rings. The Labute approximate surface area is 121 Å². The second kappa shape index (κ2) is 6.09. The van der Waals surface area contributed by atoms with Crippen molar-refractivity contribution in [2.24, 2.45) is 5.73 Å². The molecule has 0 aliphatic heterocycles. The summed E-state index contributed by atoms with van der Waals surface area (Å²) < 4.78 is 0. The summed E-state index contributed by atoms with van der Waals surface area (Å²) in [5.74, 6) is -0.454. The van der Waals surface area contributed by atoms with E-state index >= 15 is 0 Å². The van der Waals surface area contributed by atoms with Crippen LogP contribution in [0.25, 0.3) is 0 Å². The zero-order valence-corrected chi connectivity index (χ0v) is 11.3. The van der Waals surface area contributed by atoms with Crippen molar-refractivity contribution in [2.75, 3.05) is 5.32 Å². The van der Waals surface area contributed by atoms with Gasteiger partial charge in [0, 0.05) is 17.8 Å². The maximum atomic E-state index is 11.1. The van der Waals surface area contributed by atoms with Gasteiger partial charge in [-0.2, -0.15) is 5.26 Å². The summed E-state index contributed by atoms with van der Waals surface area (Å²) in [6.07, 6.45) is 0. The number of amides is 1. The number of hydrogen-bond acceptors (Lipinski definition) is 3. The van der Waals surface area contributed by atoms with E-state index in [9.17, 15) is 4.79 Å². The summed E-state index contributed by atoms with van der Waals surface area (Å²) in [5, 5.41) is 12.5. The van der Waals surface area contributed by atoms with Crippen LogP contribution in [0.5, 0.6) is 0 Å². The highest BCUT2D eigenvalue weighted by molar-refractivity contribution is 6.31. The van der Waals surface area contributed by atoms with Crippen molar-refractivity contribution in [2.45, 2.75) is 6.54 Å². The van der Waals surface area contributed by atoms with Gasteiger partial charge in [0.1, 0.15) is 6.07 Å². The highest BCUT2D eigenvalue weighted by Gasteiger charge is 2.03. The molecule has 0 aliphatic carbocycles. The van der Waals surface area contributed by atoms with Gasteiger partial charge in [-0.1, -0.05) is 23.7 Å². The Morgan fingerprint density at radius 2 is 2.10 bits per heavy atom. The van der Waals surface area contributed by atoms with Gasteiger partial charge in [-0.3, -0.25) is 4.79 Å². The van der Waals surface area contributed by atoms with Gasteiger partial charge in [0.15, 0.2) is 0 Å². The van der Waals surface area contributed by atoms with Crippen molar-refractivity contribution in [3.63, 3.8) is 0 Å². The molecule has 20 heavy (non-hydrogen) atoms. The van der Waals surface area contributed by atoms with Gasteiger partial charge in [-0.15, -0.1) is 0 Å². The van der Waals surface area contributed by atoms with E-state index in [0.717, 1.165) is 11.3 Å². The second-order valence-electron chi connectivity index (χ2n) is 4.22.